The number of hydrogen-bond donors (Lipinski definition) is 4. The summed E-state index contributed by atoms with van der Waals surface area (Å²) < 4.78 is 0. The highest BCUT2D eigenvalue weighted by atomic mass is 16.3. The maximum absolute atomic E-state index is 13.3. The molecule has 4 atom stereocenters. The molecule has 0 aliphatic carbocycles. The average Bonchev–Trinajstić information content (AvgIpc) is 3.34. The molecule has 37 heavy (non-hydrogen) atoms. The molecule has 2 rings (SSSR count). The predicted molar refractivity (Wildman–Crippen MR) is 133 cm³/mol. The number of ketones is 1. The number of nitrogens with one attached hydrogen (secondary N) is 2. The molecule has 1 aromatic rings. The third-order valence-corrected chi connectivity index (χ3v) is 6.06. The van der Waals surface area contributed by atoms with Crippen LogP contribution in [0.25, 0.3) is 0 Å². The summed E-state index contributed by atoms with van der Waals surface area (Å²) in [6, 6.07) is 3.90. The number of urea groups is 1. The van der Waals surface area contributed by atoms with Crippen molar-refractivity contribution in [3.05, 3.63) is 30.3 Å². The quantitative estimate of drug-likeness (QED) is 0.269. The molecule has 0 bridgehead atoms. The highest BCUT2D eigenvalue weighted by Crippen LogP contribution is 2.22. The Morgan fingerprint density at radius 1 is 1.14 bits per heavy atom. The number of rotatable bonds is 7. The number of benzene rings is 1. The lowest BCUT2D eigenvalue weighted by molar-refractivity contribution is -0.147. The zero-order valence-corrected chi connectivity index (χ0v) is 21.6. The number of anilines is 1. The number of likely N-dealkylation sites (tertiary alicyclic amines) is 1. The van der Waals surface area contributed by atoms with Gasteiger partial charge >= 0.3 is 6.03 Å². The topological polar surface area (TPSA) is 182 Å². The van der Waals surface area contributed by atoms with Gasteiger partial charge in [-0.1, -0.05) is 18.2 Å². The van der Waals surface area contributed by atoms with Crippen LogP contribution in [0.3, 0.4) is 0 Å². The van der Waals surface area contributed by atoms with E-state index in [2.05, 4.69) is 10.7 Å². The van der Waals surface area contributed by atoms with E-state index in [9.17, 15) is 33.9 Å². The van der Waals surface area contributed by atoms with Gasteiger partial charge in [-0.05, 0) is 52.7 Å². The van der Waals surface area contributed by atoms with Crippen LogP contribution in [-0.2, 0) is 24.0 Å². The summed E-state index contributed by atoms with van der Waals surface area (Å²) in [4.78, 5) is 77.9. The first-order valence-electron chi connectivity index (χ1n) is 11.8. The third-order valence-electron chi connectivity index (χ3n) is 6.06. The van der Waals surface area contributed by atoms with E-state index in [1.54, 1.807) is 18.2 Å². The Kier molecular flexibility index (Phi) is 9.48. The summed E-state index contributed by atoms with van der Waals surface area (Å²) in [7, 11) is 1.19. The molecular weight excluding hydrogens is 484 g/mol. The molecule has 1 heterocycles. The number of nitrogens with zero attached hydrogens (tertiary/aromatic N) is 3. The molecule has 1 saturated heterocycles. The minimum atomic E-state index is -2.49. The number of carbonyl (C=O) groups excluding carboxylic acids is 6. The zero-order valence-electron chi connectivity index (χ0n) is 21.6. The van der Waals surface area contributed by atoms with Crippen molar-refractivity contribution in [2.75, 3.05) is 18.5 Å². The number of imide groups is 1. The highest BCUT2D eigenvalue weighted by molar-refractivity contribution is 6.23. The van der Waals surface area contributed by atoms with E-state index in [0.29, 0.717) is 17.7 Å². The van der Waals surface area contributed by atoms with Gasteiger partial charge in [0.1, 0.15) is 12.1 Å². The molecule has 0 saturated carbocycles. The van der Waals surface area contributed by atoms with Gasteiger partial charge in [-0.2, -0.15) is 0 Å². The van der Waals surface area contributed by atoms with Crippen LogP contribution in [0.4, 0.5) is 10.5 Å². The van der Waals surface area contributed by atoms with Crippen molar-refractivity contribution in [3.8, 4) is 0 Å². The van der Waals surface area contributed by atoms with Crippen LogP contribution in [-0.4, -0.2) is 87.8 Å². The van der Waals surface area contributed by atoms with Gasteiger partial charge in [0.05, 0.1) is 11.7 Å². The smallest absolute Gasteiger partial charge is 0.349 e. The Morgan fingerprint density at radius 2 is 1.73 bits per heavy atom. The Labute approximate surface area is 214 Å². The minimum absolute atomic E-state index is 0.0662. The average molecular weight is 519 g/mol. The molecule has 1 aromatic carbocycles. The van der Waals surface area contributed by atoms with Crippen molar-refractivity contribution in [1.29, 1.82) is 0 Å². The van der Waals surface area contributed by atoms with Crippen LogP contribution in [0.5, 0.6) is 0 Å². The second kappa shape index (κ2) is 11.9. The number of carbonyl (C=O) groups is 6. The second-order valence-corrected chi connectivity index (χ2v) is 9.13. The summed E-state index contributed by atoms with van der Waals surface area (Å²) in [5, 5.41) is 13.7. The maximum Gasteiger partial charge on any atom is 0.349 e. The van der Waals surface area contributed by atoms with Crippen LogP contribution in [0.1, 0.15) is 40.5 Å². The lowest BCUT2D eigenvalue weighted by atomic mass is 10.00. The van der Waals surface area contributed by atoms with E-state index in [-0.39, 0.29) is 12.2 Å². The Morgan fingerprint density at radius 3 is 2.27 bits per heavy atom. The van der Waals surface area contributed by atoms with Gasteiger partial charge in [-0.25, -0.2) is 14.7 Å². The molecule has 13 nitrogen and oxygen atoms in total. The van der Waals surface area contributed by atoms with Crippen molar-refractivity contribution in [3.63, 3.8) is 0 Å². The van der Waals surface area contributed by atoms with Crippen molar-refractivity contribution in [2.24, 2.45) is 5.73 Å². The van der Waals surface area contributed by atoms with Crippen LogP contribution in [0.15, 0.2) is 30.3 Å². The Balaban J connectivity index is 2.21. The molecule has 0 radical (unpaired) electrons. The lowest BCUT2D eigenvalue weighted by Gasteiger charge is -2.32. The summed E-state index contributed by atoms with van der Waals surface area (Å²) in [5.41, 5.74) is 5.47. The van der Waals surface area contributed by atoms with Gasteiger partial charge in [0, 0.05) is 13.6 Å². The van der Waals surface area contributed by atoms with Gasteiger partial charge in [0.2, 0.25) is 11.8 Å². The second-order valence-electron chi connectivity index (χ2n) is 9.13. The SMILES string of the molecule is CC(=O)C(C)(O)C(=O)N(C(=O)N(C)NC(=O)[C@@H]1CCCN1C(=O)[C@H](C)NC(=O)[C@H](C)N)c1ccccc1. The van der Waals surface area contributed by atoms with E-state index in [4.69, 9.17) is 5.73 Å². The normalized spacial score (nSPS) is 18.1. The maximum atomic E-state index is 13.3. The lowest BCUT2D eigenvalue weighted by Crippen LogP contribution is -2.60. The number of hydrazine groups is 1. The van der Waals surface area contributed by atoms with Gasteiger partial charge in [-0.15, -0.1) is 0 Å². The molecule has 6 amide bonds. The fraction of sp³-hybridized carbons (Fsp3) is 0.500. The molecule has 1 aliphatic rings. The van der Waals surface area contributed by atoms with Gasteiger partial charge in [0.15, 0.2) is 11.4 Å². The van der Waals surface area contributed by atoms with E-state index >= 15 is 0 Å². The third kappa shape index (κ3) is 6.68. The van der Waals surface area contributed by atoms with E-state index in [1.165, 1.54) is 37.9 Å². The summed E-state index contributed by atoms with van der Waals surface area (Å²) in [6.07, 6.45) is 0.833. The molecule has 0 spiro atoms. The predicted octanol–water partition coefficient (Wildman–Crippen LogP) is -0.714. The largest absolute Gasteiger partial charge is 0.373 e. The van der Waals surface area contributed by atoms with Crippen LogP contribution < -0.4 is 21.4 Å². The number of amides is 6. The summed E-state index contributed by atoms with van der Waals surface area (Å²) in [6.45, 7) is 5.22. The number of aliphatic hydroxyl groups is 1. The monoisotopic (exact) mass is 518 g/mol. The zero-order chi connectivity index (χ0) is 28.1. The van der Waals surface area contributed by atoms with E-state index < -0.39 is 59.2 Å². The Bertz CT molecular complexity index is 1060. The van der Waals surface area contributed by atoms with Crippen molar-refractivity contribution in [2.45, 2.75) is 64.3 Å². The molecule has 202 valence electrons. The first-order valence-corrected chi connectivity index (χ1v) is 11.8. The molecule has 0 aromatic heterocycles. The summed E-state index contributed by atoms with van der Waals surface area (Å²) in [5.74, 6) is -3.76. The summed E-state index contributed by atoms with van der Waals surface area (Å²) >= 11 is 0. The number of hydrogen-bond acceptors (Lipinski definition) is 8. The van der Waals surface area contributed by atoms with Crippen molar-refractivity contribution >= 4 is 41.1 Å². The van der Waals surface area contributed by atoms with E-state index in [1.807, 2.05) is 0 Å². The molecule has 5 N–H and O–H groups in total. The first kappa shape index (κ1) is 29.4. The molecule has 13 heteroatoms. The highest BCUT2D eigenvalue weighted by Gasteiger charge is 2.44. The standard InChI is InChI=1S/C24H34N6O7/c1-14(25)19(32)26-15(2)21(34)29-13-9-12-18(29)20(33)27-28(5)23(36)30(17-10-7-6-8-11-17)22(35)24(4,37)16(3)31/h6-8,10-11,14-15,18,37H,9,12-13,25H2,1-5H3,(H,26,32)(H,27,33)/t14-,15-,18-,24?/m0/s1. The van der Waals surface area contributed by atoms with Crippen molar-refractivity contribution < 1.29 is 33.9 Å². The van der Waals surface area contributed by atoms with Crippen LogP contribution in [0, 0.1) is 0 Å². The van der Waals surface area contributed by atoms with Crippen LogP contribution >= 0.6 is 0 Å². The minimum Gasteiger partial charge on any atom is -0.373 e. The Hall–Kier alpha value is -3.84. The molecule has 1 aliphatic heterocycles. The molecule has 1 fully saturated rings. The molecule has 1 unspecified atom stereocenters. The number of nitrogens with two attached hydrogens (primary N) is 1. The fourth-order valence-corrected chi connectivity index (χ4v) is 3.66. The first-order chi connectivity index (χ1) is 17.2. The number of Topliss-reactive ketones (excluding diaryl/α,β-unsaturated/α-hetero) is 1. The fourth-order valence-electron chi connectivity index (χ4n) is 3.66. The number of para-hydroxylation sites is 1. The molecular formula is C24H34N6O7. The van der Waals surface area contributed by atoms with Crippen LogP contribution in [0.2, 0.25) is 0 Å². The van der Waals surface area contributed by atoms with Gasteiger partial charge in [0.25, 0.3) is 11.8 Å². The van der Waals surface area contributed by atoms with E-state index in [0.717, 1.165) is 18.9 Å². The van der Waals surface area contributed by atoms with Crippen molar-refractivity contribution in [1.82, 2.24) is 20.7 Å². The van der Waals surface area contributed by atoms with Gasteiger partial charge < -0.3 is 21.1 Å². The van der Waals surface area contributed by atoms with Gasteiger partial charge in [-0.3, -0.25) is 29.4 Å².